The standard InChI is InChI=1S/C19H22N2O2S/c22-24(23,21-17-12-15-10-11-16(13-17)20-15)19-9-5-4-8-18(19)14-6-2-1-3-7-14/h1-9,15-17,20-21H,10-13H2. The van der Waals surface area contributed by atoms with Crippen LogP contribution in [0, 0.1) is 0 Å². The lowest BCUT2D eigenvalue weighted by atomic mass is 10.0. The second-order valence-corrected chi connectivity index (χ2v) is 8.47. The third kappa shape index (κ3) is 3.11. The highest BCUT2D eigenvalue weighted by atomic mass is 32.2. The molecule has 4 nitrogen and oxygen atoms in total. The first-order valence-corrected chi connectivity index (χ1v) is 10.0. The minimum Gasteiger partial charge on any atom is -0.311 e. The summed E-state index contributed by atoms with van der Waals surface area (Å²) in [7, 11) is -3.54. The molecule has 2 fully saturated rings. The minimum absolute atomic E-state index is 0.0255. The molecule has 4 rings (SSSR count). The summed E-state index contributed by atoms with van der Waals surface area (Å²) in [5.74, 6) is 0. The zero-order chi connectivity index (χ0) is 16.6. The Balaban J connectivity index is 1.63. The SMILES string of the molecule is O=S(=O)(NC1CC2CCC(C1)N2)c1ccccc1-c1ccccc1. The number of benzene rings is 2. The van der Waals surface area contributed by atoms with Crippen molar-refractivity contribution in [2.45, 2.75) is 48.7 Å². The number of rotatable bonds is 4. The Kier molecular flexibility index (Phi) is 4.16. The Bertz CT molecular complexity index is 808. The predicted octanol–water partition coefficient (Wildman–Crippen LogP) is 2.91. The van der Waals surface area contributed by atoms with Crippen molar-refractivity contribution in [2.75, 3.05) is 0 Å². The van der Waals surface area contributed by atoms with Gasteiger partial charge in [0.25, 0.3) is 0 Å². The Morgan fingerprint density at radius 2 is 1.50 bits per heavy atom. The summed E-state index contributed by atoms with van der Waals surface area (Å²) in [4.78, 5) is 0.363. The van der Waals surface area contributed by atoms with Crippen molar-refractivity contribution in [1.82, 2.24) is 10.0 Å². The van der Waals surface area contributed by atoms with E-state index >= 15 is 0 Å². The van der Waals surface area contributed by atoms with Crippen LogP contribution in [0.5, 0.6) is 0 Å². The zero-order valence-electron chi connectivity index (χ0n) is 13.5. The molecule has 2 unspecified atom stereocenters. The monoisotopic (exact) mass is 342 g/mol. The molecule has 2 aliphatic heterocycles. The third-order valence-electron chi connectivity index (χ3n) is 5.06. The van der Waals surface area contributed by atoms with Gasteiger partial charge in [0.05, 0.1) is 4.90 Å². The summed E-state index contributed by atoms with van der Waals surface area (Å²) in [6.45, 7) is 0. The van der Waals surface area contributed by atoms with Crippen molar-refractivity contribution in [3.63, 3.8) is 0 Å². The van der Waals surface area contributed by atoms with E-state index in [9.17, 15) is 8.42 Å². The maximum atomic E-state index is 13.0. The molecule has 2 N–H and O–H groups in total. The van der Waals surface area contributed by atoms with E-state index < -0.39 is 10.0 Å². The molecule has 126 valence electrons. The van der Waals surface area contributed by atoms with Gasteiger partial charge < -0.3 is 5.32 Å². The predicted molar refractivity (Wildman–Crippen MR) is 95.2 cm³/mol. The van der Waals surface area contributed by atoms with Crippen molar-refractivity contribution >= 4 is 10.0 Å². The molecule has 0 spiro atoms. The summed E-state index contributed by atoms with van der Waals surface area (Å²) >= 11 is 0. The van der Waals surface area contributed by atoms with Crippen LogP contribution in [0.2, 0.25) is 0 Å². The molecule has 2 bridgehead atoms. The van der Waals surface area contributed by atoms with Crippen LogP contribution >= 0.6 is 0 Å². The molecular formula is C19H22N2O2S. The lowest BCUT2D eigenvalue weighted by Crippen LogP contribution is -2.47. The van der Waals surface area contributed by atoms with Crippen LogP contribution in [0.15, 0.2) is 59.5 Å². The second kappa shape index (κ2) is 6.31. The average Bonchev–Trinajstić information content (AvgIpc) is 2.94. The number of hydrogen-bond acceptors (Lipinski definition) is 3. The van der Waals surface area contributed by atoms with Gasteiger partial charge in [0.15, 0.2) is 0 Å². The molecule has 2 aromatic rings. The molecular weight excluding hydrogens is 320 g/mol. The molecule has 0 saturated carbocycles. The van der Waals surface area contributed by atoms with E-state index in [0.29, 0.717) is 17.0 Å². The molecule has 0 radical (unpaired) electrons. The van der Waals surface area contributed by atoms with E-state index in [1.54, 1.807) is 12.1 Å². The van der Waals surface area contributed by atoms with Crippen molar-refractivity contribution in [3.8, 4) is 11.1 Å². The topological polar surface area (TPSA) is 58.2 Å². The van der Waals surface area contributed by atoms with Gasteiger partial charge in [0.1, 0.15) is 0 Å². The summed E-state index contributed by atoms with van der Waals surface area (Å²) < 4.78 is 28.9. The van der Waals surface area contributed by atoms with E-state index in [0.717, 1.165) is 36.8 Å². The summed E-state index contributed by atoms with van der Waals surface area (Å²) in [6.07, 6.45) is 4.07. The first-order chi connectivity index (χ1) is 11.6. The van der Waals surface area contributed by atoms with E-state index in [1.165, 1.54) is 0 Å². The van der Waals surface area contributed by atoms with E-state index in [2.05, 4.69) is 10.0 Å². The number of sulfonamides is 1. The van der Waals surface area contributed by atoms with E-state index in [1.807, 2.05) is 42.5 Å². The molecule has 24 heavy (non-hydrogen) atoms. The maximum Gasteiger partial charge on any atom is 0.241 e. The smallest absolute Gasteiger partial charge is 0.241 e. The first-order valence-electron chi connectivity index (χ1n) is 8.55. The van der Waals surface area contributed by atoms with Crippen molar-refractivity contribution in [1.29, 1.82) is 0 Å². The Morgan fingerprint density at radius 1 is 0.875 bits per heavy atom. The summed E-state index contributed by atoms with van der Waals surface area (Å²) in [6, 6.07) is 17.9. The van der Waals surface area contributed by atoms with Crippen molar-refractivity contribution in [3.05, 3.63) is 54.6 Å². The second-order valence-electron chi connectivity index (χ2n) is 6.79. The van der Waals surface area contributed by atoms with Crippen LogP contribution in [-0.2, 0) is 10.0 Å². The van der Waals surface area contributed by atoms with Gasteiger partial charge in [-0.3, -0.25) is 0 Å². The molecule has 0 aliphatic carbocycles. The van der Waals surface area contributed by atoms with Gasteiger partial charge in [0.2, 0.25) is 10.0 Å². The molecule has 2 aliphatic rings. The Hall–Kier alpha value is -1.69. The molecule has 0 amide bonds. The molecule has 0 aromatic heterocycles. The quantitative estimate of drug-likeness (QED) is 0.898. The fourth-order valence-corrected chi connectivity index (χ4v) is 5.48. The molecule has 2 aromatic carbocycles. The minimum atomic E-state index is -3.54. The van der Waals surface area contributed by atoms with Crippen LogP contribution in [0.25, 0.3) is 11.1 Å². The van der Waals surface area contributed by atoms with E-state index in [-0.39, 0.29) is 6.04 Å². The lowest BCUT2D eigenvalue weighted by Gasteiger charge is -2.29. The van der Waals surface area contributed by atoms with Crippen LogP contribution in [0.1, 0.15) is 25.7 Å². The number of fused-ring (bicyclic) bond motifs is 2. The van der Waals surface area contributed by atoms with Gasteiger partial charge in [0, 0.05) is 23.7 Å². The average molecular weight is 342 g/mol. The highest BCUT2D eigenvalue weighted by molar-refractivity contribution is 7.89. The number of hydrogen-bond donors (Lipinski definition) is 2. The fourth-order valence-electron chi connectivity index (χ4n) is 3.99. The van der Waals surface area contributed by atoms with E-state index in [4.69, 9.17) is 0 Å². The maximum absolute atomic E-state index is 13.0. The lowest BCUT2D eigenvalue weighted by molar-refractivity contribution is 0.345. The van der Waals surface area contributed by atoms with Crippen molar-refractivity contribution in [2.24, 2.45) is 0 Å². The molecule has 2 saturated heterocycles. The van der Waals surface area contributed by atoms with Crippen molar-refractivity contribution < 1.29 is 8.42 Å². The van der Waals surface area contributed by atoms with Crippen LogP contribution in [0.4, 0.5) is 0 Å². The van der Waals surface area contributed by atoms with Gasteiger partial charge >= 0.3 is 0 Å². The summed E-state index contributed by atoms with van der Waals surface area (Å²) in [5, 5.41) is 3.55. The van der Waals surface area contributed by atoms with Gasteiger partial charge in [-0.05, 0) is 37.3 Å². The normalized spacial score (nSPS) is 26.4. The highest BCUT2D eigenvalue weighted by Gasteiger charge is 2.35. The Morgan fingerprint density at radius 3 is 2.21 bits per heavy atom. The highest BCUT2D eigenvalue weighted by Crippen LogP contribution is 2.30. The zero-order valence-corrected chi connectivity index (χ0v) is 14.3. The van der Waals surface area contributed by atoms with Gasteiger partial charge in [-0.1, -0.05) is 48.5 Å². The fraction of sp³-hybridized carbons (Fsp3) is 0.368. The number of nitrogens with one attached hydrogen (secondary N) is 2. The van der Waals surface area contributed by atoms with Gasteiger partial charge in [-0.25, -0.2) is 13.1 Å². The molecule has 5 heteroatoms. The molecule has 2 heterocycles. The molecule has 2 atom stereocenters. The first kappa shape index (κ1) is 15.8. The Labute approximate surface area is 143 Å². The van der Waals surface area contributed by atoms with Crippen LogP contribution < -0.4 is 10.0 Å². The van der Waals surface area contributed by atoms with Gasteiger partial charge in [-0.2, -0.15) is 0 Å². The van der Waals surface area contributed by atoms with Crippen LogP contribution in [0.3, 0.4) is 0 Å². The summed E-state index contributed by atoms with van der Waals surface area (Å²) in [5.41, 5.74) is 1.67. The van der Waals surface area contributed by atoms with Gasteiger partial charge in [-0.15, -0.1) is 0 Å². The third-order valence-corrected chi connectivity index (χ3v) is 6.63. The number of piperidine rings is 1. The van der Waals surface area contributed by atoms with Crippen LogP contribution in [-0.4, -0.2) is 26.5 Å². The largest absolute Gasteiger partial charge is 0.311 e.